The smallest absolute Gasteiger partial charge is 0.0495 e. The summed E-state index contributed by atoms with van der Waals surface area (Å²) in [5.74, 6) is 0. The van der Waals surface area contributed by atoms with Crippen molar-refractivity contribution in [3.05, 3.63) is 35.9 Å². The van der Waals surface area contributed by atoms with Gasteiger partial charge in [-0.3, -0.25) is 0 Å². The molecule has 1 aliphatic carbocycles. The van der Waals surface area contributed by atoms with Crippen LogP contribution in [-0.2, 0) is 5.41 Å². The molecule has 0 amide bonds. The number of benzene rings is 1. The minimum Gasteiger partial charge on any atom is -0.396 e. The molecular formula is C13H18O. The third-order valence-electron chi connectivity index (χ3n) is 3.98. The van der Waals surface area contributed by atoms with Crippen LogP contribution in [-0.4, -0.2) is 11.7 Å². The van der Waals surface area contributed by atoms with Crippen molar-refractivity contribution in [2.45, 2.75) is 32.1 Å². The Morgan fingerprint density at radius 3 is 2.21 bits per heavy atom. The van der Waals surface area contributed by atoms with E-state index in [-0.39, 0.29) is 10.8 Å². The number of hydrogen-bond acceptors (Lipinski definition) is 1. The van der Waals surface area contributed by atoms with Gasteiger partial charge in [-0.25, -0.2) is 0 Å². The van der Waals surface area contributed by atoms with E-state index in [0.29, 0.717) is 6.61 Å². The van der Waals surface area contributed by atoms with Gasteiger partial charge < -0.3 is 5.11 Å². The molecule has 0 spiro atoms. The van der Waals surface area contributed by atoms with Gasteiger partial charge in [0.15, 0.2) is 0 Å². The van der Waals surface area contributed by atoms with E-state index >= 15 is 0 Å². The van der Waals surface area contributed by atoms with Crippen LogP contribution in [0.1, 0.15) is 32.3 Å². The van der Waals surface area contributed by atoms with E-state index < -0.39 is 0 Å². The minimum absolute atomic E-state index is 0.100. The lowest BCUT2D eigenvalue weighted by atomic mass is 9.71. The molecular weight excluding hydrogens is 172 g/mol. The maximum absolute atomic E-state index is 9.45. The van der Waals surface area contributed by atoms with Crippen molar-refractivity contribution in [1.29, 1.82) is 0 Å². The summed E-state index contributed by atoms with van der Waals surface area (Å²) in [6, 6.07) is 10.5. The number of aliphatic hydroxyl groups excluding tert-OH is 1. The average molecular weight is 190 g/mol. The second kappa shape index (κ2) is 3.09. The summed E-state index contributed by atoms with van der Waals surface area (Å²) in [7, 11) is 0. The molecule has 0 bridgehead atoms. The summed E-state index contributed by atoms with van der Waals surface area (Å²) in [4.78, 5) is 0. The molecule has 1 nitrogen and oxygen atoms in total. The Bertz CT molecular complexity index is 309. The van der Waals surface area contributed by atoms with Gasteiger partial charge in [0.05, 0.1) is 0 Å². The summed E-state index contributed by atoms with van der Waals surface area (Å²) >= 11 is 0. The van der Waals surface area contributed by atoms with Crippen molar-refractivity contribution >= 4 is 0 Å². The highest BCUT2D eigenvalue weighted by Gasteiger charge is 2.54. The number of aliphatic hydroxyl groups is 1. The van der Waals surface area contributed by atoms with Crippen LogP contribution in [0, 0.1) is 5.41 Å². The van der Waals surface area contributed by atoms with Crippen molar-refractivity contribution in [2.75, 3.05) is 6.61 Å². The van der Waals surface area contributed by atoms with Crippen LogP contribution in [0.3, 0.4) is 0 Å². The Hall–Kier alpha value is -0.820. The second-order valence-electron chi connectivity index (χ2n) is 4.93. The van der Waals surface area contributed by atoms with Crippen molar-refractivity contribution in [2.24, 2.45) is 5.41 Å². The molecule has 1 aliphatic rings. The molecule has 2 rings (SSSR count). The van der Waals surface area contributed by atoms with E-state index in [1.54, 1.807) is 0 Å². The third kappa shape index (κ3) is 1.27. The van der Waals surface area contributed by atoms with Gasteiger partial charge in [0.1, 0.15) is 0 Å². The van der Waals surface area contributed by atoms with E-state index in [0.717, 1.165) is 12.8 Å². The third-order valence-corrected chi connectivity index (χ3v) is 3.98. The van der Waals surface area contributed by atoms with Crippen LogP contribution in [0.5, 0.6) is 0 Å². The molecule has 1 heteroatoms. The lowest BCUT2D eigenvalue weighted by molar-refractivity contribution is 0.147. The Morgan fingerprint density at radius 2 is 1.79 bits per heavy atom. The SMILES string of the molecule is CC(C)(c1ccccc1)C1(CO)CC1. The van der Waals surface area contributed by atoms with Crippen LogP contribution < -0.4 is 0 Å². The van der Waals surface area contributed by atoms with Gasteiger partial charge in [0.25, 0.3) is 0 Å². The zero-order valence-electron chi connectivity index (χ0n) is 8.96. The molecule has 1 N–H and O–H groups in total. The first-order valence-electron chi connectivity index (χ1n) is 5.29. The highest BCUT2D eigenvalue weighted by Crippen LogP contribution is 2.58. The zero-order chi connectivity index (χ0) is 10.2. The minimum atomic E-state index is 0.100. The zero-order valence-corrected chi connectivity index (χ0v) is 8.96. The topological polar surface area (TPSA) is 20.2 Å². The first-order valence-corrected chi connectivity index (χ1v) is 5.29. The lowest BCUT2D eigenvalue weighted by Gasteiger charge is -2.34. The molecule has 14 heavy (non-hydrogen) atoms. The highest BCUT2D eigenvalue weighted by atomic mass is 16.3. The van der Waals surface area contributed by atoms with E-state index in [1.807, 2.05) is 6.07 Å². The van der Waals surface area contributed by atoms with E-state index in [4.69, 9.17) is 0 Å². The van der Waals surface area contributed by atoms with Crippen molar-refractivity contribution < 1.29 is 5.11 Å². The van der Waals surface area contributed by atoms with Crippen LogP contribution in [0.4, 0.5) is 0 Å². The fourth-order valence-corrected chi connectivity index (χ4v) is 2.29. The van der Waals surface area contributed by atoms with Gasteiger partial charge in [0, 0.05) is 12.0 Å². The predicted molar refractivity (Wildman–Crippen MR) is 58.2 cm³/mol. The maximum Gasteiger partial charge on any atom is 0.0495 e. The van der Waals surface area contributed by atoms with Gasteiger partial charge in [0.2, 0.25) is 0 Å². The molecule has 0 aromatic heterocycles. The molecule has 0 unspecified atom stereocenters. The van der Waals surface area contributed by atoms with Gasteiger partial charge in [-0.15, -0.1) is 0 Å². The van der Waals surface area contributed by atoms with Crippen molar-refractivity contribution in [3.8, 4) is 0 Å². The van der Waals surface area contributed by atoms with E-state index in [2.05, 4.69) is 38.1 Å². The van der Waals surface area contributed by atoms with Crippen LogP contribution >= 0.6 is 0 Å². The highest BCUT2D eigenvalue weighted by molar-refractivity contribution is 5.29. The molecule has 76 valence electrons. The van der Waals surface area contributed by atoms with Gasteiger partial charge in [-0.2, -0.15) is 0 Å². The summed E-state index contributed by atoms with van der Waals surface area (Å²) in [6.07, 6.45) is 2.32. The molecule has 0 saturated heterocycles. The normalized spacial score (nSPS) is 19.4. The molecule has 0 aliphatic heterocycles. The summed E-state index contributed by atoms with van der Waals surface area (Å²) < 4.78 is 0. The monoisotopic (exact) mass is 190 g/mol. The summed E-state index contributed by atoms with van der Waals surface area (Å²) in [6.45, 7) is 4.80. The Morgan fingerprint density at radius 1 is 1.21 bits per heavy atom. The number of hydrogen-bond donors (Lipinski definition) is 1. The quantitative estimate of drug-likeness (QED) is 0.777. The van der Waals surface area contributed by atoms with Crippen LogP contribution in [0.15, 0.2) is 30.3 Å². The first-order chi connectivity index (χ1) is 6.62. The molecule has 0 atom stereocenters. The van der Waals surface area contributed by atoms with Gasteiger partial charge in [-0.1, -0.05) is 44.2 Å². The Kier molecular flexibility index (Phi) is 2.15. The van der Waals surface area contributed by atoms with Crippen molar-refractivity contribution in [3.63, 3.8) is 0 Å². The Balaban J connectivity index is 2.33. The average Bonchev–Trinajstić information content (AvgIpc) is 3.00. The van der Waals surface area contributed by atoms with Gasteiger partial charge in [-0.05, 0) is 23.8 Å². The second-order valence-corrected chi connectivity index (χ2v) is 4.93. The first kappa shape index (κ1) is 9.72. The summed E-state index contributed by atoms with van der Waals surface area (Å²) in [5.41, 5.74) is 1.59. The largest absolute Gasteiger partial charge is 0.396 e. The van der Waals surface area contributed by atoms with Crippen molar-refractivity contribution in [1.82, 2.24) is 0 Å². The van der Waals surface area contributed by atoms with Crippen LogP contribution in [0.2, 0.25) is 0 Å². The lowest BCUT2D eigenvalue weighted by Crippen LogP contribution is -2.33. The van der Waals surface area contributed by atoms with Crippen LogP contribution in [0.25, 0.3) is 0 Å². The Labute approximate surface area is 85.8 Å². The van der Waals surface area contributed by atoms with E-state index in [9.17, 15) is 5.11 Å². The fraction of sp³-hybridized carbons (Fsp3) is 0.538. The molecule has 0 radical (unpaired) electrons. The molecule has 1 saturated carbocycles. The molecule has 1 fully saturated rings. The standard InChI is InChI=1S/C13H18O/c1-12(2,13(10-14)8-9-13)11-6-4-3-5-7-11/h3-7,14H,8-10H2,1-2H3. The van der Waals surface area contributed by atoms with E-state index in [1.165, 1.54) is 5.56 Å². The molecule has 1 aromatic carbocycles. The molecule has 0 heterocycles. The fourth-order valence-electron chi connectivity index (χ4n) is 2.29. The van der Waals surface area contributed by atoms with Gasteiger partial charge >= 0.3 is 0 Å². The maximum atomic E-state index is 9.45. The number of rotatable bonds is 3. The summed E-state index contributed by atoms with van der Waals surface area (Å²) in [5, 5.41) is 9.45. The molecule has 1 aromatic rings. The predicted octanol–water partition coefficient (Wildman–Crippen LogP) is 2.74.